The largest absolute Gasteiger partial charge is 0.401 e. The molecule has 138 valence electrons. The molecule has 0 spiro atoms. The third-order valence-electron chi connectivity index (χ3n) is 4.61. The second-order valence-electron chi connectivity index (χ2n) is 6.67. The van der Waals surface area contributed by atoms with Gasteiger partial charge in [-0.15, -0.1) is 0 Å². The maximum Gasteiger partial charge on any atom is 0.401 e. The van der Waals surface area contributed by atoms with E-state index in [-0.39, 0.29) is 0 Å². The van der Waals surface area contributed by atoms with Crippen LogP contribution in [-0.2, 0) is 0 Å². The summed E-state index contributed by atoms with van der Waals surface area (Å²) < 4.78 is 37.2. The van der Waals surface area contributed by atoms with Crippen LogP contribution in [0.25, 0.3) is 0 Å². The van der Waals surface area contributed by atoms with Crippen molar-refractivity contribution in [2.45, 2.75) is 51.2 Å². The van der Waals surface area contributed by atoms with Gasteiger partial charge in [0.25, 0.3) is 0 Å². The molecule has 2 N–H and O–H groups in total. The number of piperidine rings is 1. The molecule has 2 aliphatic rings. The van der Waals surface area contributed by atoms with Crippen LogP contribution in [0.15, 0.2) is 17.1 Å². The highest BCUT2D eigenvalue weighted by Crippen LogP contribution is 2.24. The first kappa shape index (κ1) is 19.1. The monoisotopic (exact) mass is 346 g/mol. The Balaban J connectivity index is 1.68. The number of halogens is 3. The molecule has 0 unspecified atom stereocenters. The highest BCUT2D eigenvalue weighted by molar-refractivity contribution is 5.80. The molecule has 24 heavy (non-hydrogen) atoms. The SMILES string of the molecule is CCNC(=NCCC1CCN(CC(F)(F)F)CC1)NC1CC=CC1. The topological polar surface area (TPSA) is 39.7 Å². The third-order valence-corrected chi connectivity index (χ3v) is 4.61. The van der Waals surface area contributed by atoms with Crippen molar-refractivity contribution in [3.8, 4) is 0 Å². The van der Waals surface area contributed by atoms with Gasteiger partial charge in [0.05, 0.1) is 6.54 Å². The van der Waals surface area contributed by atoms with E-state index in [9.17, 15) is 13.2 Å². The first-order valence-electron chi connectivity index (χ1n) is 8.95. The second-order valence-corrected chi connectivity index (χ2v) is 6.67. The van der Waals surface area contributed by atoms with E-state index >= 15 is 0 Å². The number of rotatable bonds is 6. The van der Waals surface area contributed by atoms with Gasteiger partial charge in [0.15, 0.2) is 5.96 Å². The van der Waals surface area contributed by atoms with Crippen molar-refractivity contribution in [3.63, 3.8) is 0 Å². The number of hydrogen-bond acceptors (Lipinski definition) is 2. The summed E-state index contributed by atoms with van der Waals surface area (Å²) in [6.07, 6.45) is 4.94. The number of alkyl halides is 3. The third kappa shape index (κ3) is 7.11. The minimum atomic E-state index is -4.08. The number of likely N-dealkylation sites (tertiary alicyclic amines) is 1. The van der Waals surface area contributed by atoms with E-state index in [0.29, 0.717) is 25.0 Å². The van der Waals surface area contributed by atoms with Crippen molar-refractivity contribution in [2.24, 2.45) is 10.9 Å². The fourth-order valence-electron chi connectivity index (χ4n) is 3.29. The van der Waals surface area contributed by atoms with Crippen LogP contribution in [0.3, 0.4) is 0 Å². The fraction of sp³-hybridized carbons (Fsp3) is 0.824. The molecule has 2 rings (SSSR count). The lowest BCUT2D eigenvalue weighted by atomic mass is 9.93. The van der Waals surface area contributed by atoms with E-state index in [1.54, 1.807) is 0 Å². The van der Waals surface area contributed by atoms with Gasteiger partial charge in [0, 0.05) is 19.1 Å². The van der Waals surface area contributed by atoms with E-state index < -0.39 is 12.7 Å². The number of hydrogen-bond donors (Lipinski definition) is 2. The zero-order valence-corrected chi connectivity index (χ0v) is 14.4. The molecule has 1 aliphatic heterocycles. The van der Waals surface area contributed by atoms with E-state index in [0.717, 1.165) is 51.2 Å². The normalized spacial score (nSPS) is 21.4. The molecule has 0 aromatic rings. The van der Waals surface area contributed by atoms with Crippen molar-refractivity contribution in [1.29, 1.82) is 0 Å². The zero-order chi connectivity index (χ0) is 17.4. The number of nitrogens with one attached hydrogen (secondary N) is 2. The Morgan fingerprint density at radius 1 is 1.21 bits per heavy atom. The van der Waals surface area contributed by atoms with Crippen LogP contribution in [0.4, 0.5) is 13.2 Å². The van der Waals surface area contributed by atoms with Crippen LogP contribution in [0.2, 0.25) is 0 Å². The van der Waals surface area contributed by atoms with Gasteiger partial charge in [-0.1, -0.05) is 12.2 Å². The molecule has 7 heteroatoms. The molecular weight excluding hydrogens is 317 g/mol. The molecule has 0 aromatic heterocycles. The van der Waals surface area contributed by atoms with E-state index in [2.05, 4.69) is 27.8 Å². The van der Waals surface area contributed by atoms with Gasteiger partial charge in [0.2, 0.25) is 0 Å². The van der Waals surface area contributed by atoms with Crippen molar-refractivity contribution in [2.75, 3.05) is 32.7 Å². The van der Waals surface area contributed by atoms with Crippen molar-refractivity contribution < 1.29 is 13.2 Å². The predicted octanol–water partition coefficient (Wildman–Crippen LogP) is 2.92. The summed E-state index contributed by atoms with van der Waals surface area (Å²) in [4.78, 5) is 6.13. The summed E-state index contributed by atoms with van der Waals surface area (Å²) in [5, 5.41) is 6.69. The highest BCUT2D eigenvalue weighted by Gasteiger charge is 2.32. The Morgan fingerprint density at radius 3 is 2.46 bits per heavy atom. The van der Waals surface area contributed by atoms with Gasteiger partial charge in [0.1, 0.15) is 0 Å². The van der Waals surface area contributed by atoms with Crippen LogP contribution in [0.1, 0.15) is 39.0 Å². The smallest absolute Gasteiger partial charge is 0.357 e. The van der Waals surface area contributed by atoms with Crippen molar-refractivity contribution in [1.82, 2.24) is 15.5 Å². The van der Waals surface area contributed by atoms with Crippen molar-refractivity contribution in [3.05, 3.63) is 12.2 Å². The summed E-state index contributed by atoms with van der Waals surface area (Å²) >= 11 is 0. The summed E-state index contributed by atoms with van der Waals surface area (Å²) in [6, 6.07) is 0.424. The molecule has 1 heterocycles. The summed E-state index contributed by atoms with van der Waals surface area (Å²) in [7, 11) is 0. The maximum absolute atomic E-state index is 12.4. The van der Waals surface area contributed by atoms with E-state index in [4.69, 9.17) is 0 Å². The molecule has 0 aromatic carbocycles. The van der Waals surface area contributed by atoms with Crippen LogP contribution >= 0.6 is 0 Å². The Kier molecular flexibility index (Phi) is 7.40. The first-order chi connectivity index (χ1) is 11.5. The standard InChI is InChI=1S/C17H29F3N4/c1-2-21-16(23-15-5-3-4-6-15)22-10-7-14-8-11-24(12-9-14)13-17(18,19)20/h3-4,14-15H,2,5-13H2,1H3,(H2,21,22,23). The Labute approximate surface area is 142 Å². The summed E-state index contributed by atoms with van der Waals surface area (Å²) in [5.74, 6) is 1.33. The summed E-state index contributed by atoms with van der Waals surface area (Å²) in [5.41, 5.74) is 0. The lowest BCUT2D eigenvalue weighted by molar-refractivity contribution is -0.148. The first-order valence-corrected chi connectivity index (χ1v) is 8.95. The van der Waals surface area contributed by atoms with Gasteiger partial charge in [-0.2, -0.15) is 13.2 Å². The Morgan fingerprint density at radius 2 is 1.88 bits per heavy atom. The van der Waals surface area contributed by atoms with Crippen molar-refractivity contribution >= 4 is 5.96 Å². The Hall–Kier alpha value is -1.24. The van der Waals surface area contributed by atoms with Crippen LogP contribution in [0, 0.1) is 5.92 Å². The molecule has 0 atom stereocenters. The second kappa shape index (κ2) is 9.30. The minimum Gasteiger partial charge on any atom is -0.357 e. The molecule has 1 fully saturated rings. The lowest BCUT2D eigenvalue weighted by Gasteiger charge is -2.32. The molecule has 1 saturated heterocycles. The van der Waals surface area contributed by atoms with Crippen LogP contribution < -0.4 is 10.6 Å². The fourth-order valence-corrected chi connectivity index (χ4v) is 3.29. The quantitative estimate of drug-likeness (QED) is 0.441. The van der Waals surface area contributed by atoms with Crippen LogP contribution in [0.5, 0.6) is 0 Å². The Bertz CT molecular complexity index is 418. The van der Waals surface area contributed by atoms with E-state index in [1.807, 2.05) is 6.92 Å². The minimum absolute atomic E-state index is 0.424. The van der Waals surface area contributed by atoms with Gasteiger partial charge >= 0.3 is 6.18 Å². The molecule has 4 nitrogen and oxygen atoms in total. The summed E-state index contributed by atoms with van der Waals surface area (Å²) in [6.45, 7) is 3.89. The number of guanidine groups is 1. The van der Waals surface area contributed by atoms with Gasteiger partial charge in [-0.05, 0) is 58.0 Å². The molecule has 1 aliphatic carbocycles. The van der Waals surface area contributed by atoms with E-state index in [1.165, 1.54) is 4.90 Å². The van der Waals surface area contributed by atoms with Gasteiger partial charge < -0.3 is 10.6 Å². The molecule has 0 radical (unpaired) electrons. The predicted molar refractivity (Wildman–Crippen MR) is 91.1 cm³/mol. The molecule has 0 saturated carbocycles. The van der Waals surface area contributed by atoms with Gasteiger partial charge in [-0.3, -0.25) is 9.89 Å². The molecular formula is C17H29F3N4. The number of nitrogens with zero attached hydrogens (tertiary/aromatic N) is 2. The average molecular weight is 346 g/mol. The zero-order valence-electron chi connectivity index (χ0n) is 14.4. The highest BCUT2D eigenvalue weighted by atomic mass is 19.4. The number of aliphatic imine (C=N–C) groups is 1. The molecule has 0 amide bonds. The average Bonchev–Trinajstić information content (AvgIpc) is 3.01. The maximum atomic E-state index is 12.4. The van der Waals surface area contributed by atoms with Crippen LogP contribution in [-0.4, -0.2) is 55.8 Å². The van der Waals surface area contributed by atoms with Gasteiger partial charge in [-0.25, -0.2) is 0 Å². The molecule has 0 bridgehead atoms. The lowest BCUT2D eigenvalue weighted by Crippen LogP contribution is -2.42.